The molecule has 1 amide bonds. The van der Waals surface area contributed by atoms with Gasteiger partial charge in [-0.25, -0.2) is 4.39 Å². The number of thiophene rings is 1. The zero-order chi connectivity index (χ0) is 24.1. The van der Waals surface area contributed by atoms with Crippen molar-refractivity contribution in [2.75, 3.05) is 45.3 Å². The number of piperazine rings is 1. The molecule has 3 aromatic rings. The van der Waals surface area contributed by atoms with Crippen molar-refractivity contribution in [1.29, 1.82) is 0 Å². The molecule has 1 fully saturated rings. The Morgan fingerprint density at radius 2 is 1.74 bits per heavy atom. The van der Waals surface area contributed by atoms with Crippen LogP contribution in [0.3, 0.4) is 0 Å². The number of methoxy groups -OCH3 is 2. The summed E-state index contributed by atoms with van der Waals surface area (Å²) in [6, 6.07) is 16.0. The molecular formula is C26H30FN3O3S. The summed E-state index contributed by atoms with van der Waals surface area (Å²) in [7, 11) is 3.09. The zero-order valence-electron chi connectivity index (χ0n) is 19.7. The SMILES string of the molecule is COc1cccc(C(=O)N[C@@H](C)[C@H](c2cccs2)N2CCN(c3ccc(F)cc3)CC2)c1OC. The fraction of sp³-hybridized carbons (Fsp3) is 0.346. The molecule has 2 atom stereocenters. The number of hydrogen-bond donors (Lipinski definition) is 1. The largest absolute Gasteiger partial charge is 0.493 e. The first-order chi connectivity index (χ1) is 16.5. The lowest BCUT2D eigenvalue weighted by Crippen LogP contribution is -2.52. The van der Waals surface area contributed by atoms with Gasteiger partial charge in [0.1, 0.15) is 5.82 Å². The second kappa shape index (κ2) is 10.9. The van der Waals surface area contributed by atoms with Crippen LogP contribution in [0.15, 0.2) is 60.0 Å². The highest BCUT2D eigenvalue weighted by Gasteiger charge is 2.31. The lowest BCUT2D eigenvalue weighted by Gasteiger charge is -2.42. The van der Waals surface area contributed by atoms with Gasteiger partial charge in [0.15, 0.2) is 11.5 Å². The van der Waals surface area contributed by atoms with Gasteiger partial charge in [-0.2, -0.15) is 0 Å². The van der Waals surface area contributed by atoms with Crippen LogP contribution in [-0.4, -0.2) is 57.2 Å². The zero-order valence-corrected chi connectivity index (χ0v) is 20.5. The van der Waals surface area contributed by atoms with E-state index in [1.165, 1.54) is 24.1 Å². The molecule has 34 heavy (non-hydrogen) atoms. The molecule has 8 heteroatoms. The predicted octanol–water partition coefficient (Wildman–Crippen LogP) is 4.59. The van der Waals surface area contributed by atoms with Crippen LogP contribution in [0.25, 0.3) is 0 Å². The number of carbonyl (C=O) groups is 1. The van der Waals surface area contributed by atoms with E-state index in [9.17, 15) is 9.18 Å². The number of hydrogen-bond acceptors (Lipinski definition) is 6. The van der Waals surface area contributed by atoms with Crippen LogP contribution in [0.2, 0.25) is 0 Å². The van der Waals surface area contributed by atoms with E-state index in [2.05, 4.69) is 26.6 Å². The first kappa shape index (κ1) is 24.0. The minimum atomic E-state index is -0.225. The maximum atomic E-state index is 13.3. The normalized spacial score (nSPS) is 16.1. The van der Waals surface area contributed by atoms with E-state index in [0.717, 1.165) is 31.9 Å². The monoisotopic (exact) mass is 483 g/mol. The Hall–Kier alpha value is -3.10. The Bertz CT molecular complexity index is 1080. The maximum Gasteiger partial charge on any atom is 0.255 e. The Morgan fingerprint density at radius 3 is 2.35 bits per heavy atom. The highest BCUT2D eigenvalue weighted by molar-refractivity contribution is 7.10. The van der Waals surface area contributed by atoms with Crippen LogP contribution in [-0.2, 0) is 0 Å². The third-order valence-electron chi connectivity index (χ3n) is 6.21. The molecule has 4 rings (SSSR count). The topological polar surface area (TPSA) is 54.0 Å². The van der Waals surface area contributed by atoms with Gasteiger partial charge in [0.2, 0.25) is 0 Å². The molecular weight excluding hydrogens is 453 g/mol. The summed E-state index contributed by atoms with van der Waals surface area (Å²) < 4.78 is 24.1. The predicted molar refractivity (Wildman–Crippen MR) is 134 cm³/mol. The van der Waals surface area contributed by atoms with Gasteiger partial charge in [0.25, 0.3) is 5.91 Å². The standard InChI is InChI=1S/C26H30FN3O3S/c1-18(28-26(31)21-6-4-7-22(32-2)25(21)33-3)24(23-8-5-17-34-23)30-15-13-29(14-16-30)20-11-9-19(27)10-12-20/h4-12,17-18,24H,13-16H2,1-3H3,(H,28,31)/t18-,24+/m0/s1. The maximum absolute atomic E-state index is 13.3. The number of anilines is 1. The number of benzene rings is 2. The van der Waals surface area contributed by atoms with Gasteiger partial charge >= 0.3 is 0 Å². The molecule has 1 aliphatic heterocycles. The molecule has 0 radical (unpaired) electrons. The Balaban J connectivity index is 1.49. The summed E-state index contributed by atoms with van der Waals surface area (Å²) in [5.41, 5.74) is 1.47. The smallest absolute Gasteiger partial charge is 0.255 e. The van der Waals surface area contributed by atoms with Crippen molar-refractivity contribution in [2.24, 2.45) is 0 Å². The molecule has 1 saturated heterocycles. The van der Waals surface area contributed by atoms with Crippen molar-refractivity contribution in [1.82, 2.24) is 10.2 Å². The molecule has 2 heterocycles. The van der Waals surface area contributed by atoms with Gasteiger partial charge in [0, 0.05) is 42.8 Å². The lowest BCUT2D eigenvalue weighted by molar-refractivity contribution is 0.0887. The number of nitrogens with zero attached hydrogens (tertiary/aromatic N) is 2. The van der Waals surface area contributed by atoms with E-state index in [-0.39, 0.29) is 23.8 Å². The van der Waals surface area contributed by atoms with Crippen molar-refractivity contribution in [3.05, 3.63) is 76.2 Å². The highest BCUT2D eigenvalue weighted by atomic mass is 32.1. The van der Waals surface area contributed by atoms with Gasteiger partial charge < -0.3 is 19.7 Å². The van der Waals surface area contributed by atoms with Crippen molar-refractivity contribution in [2.45, 2.75) is 19.0 Å². The Labute approximate surface area is 203 Å². The van der Waals surface area contributed by atoms with E-state index in [1.807, 2.05) is 25.1 Å². The number of rotatable bonds is 8. The second-order valence-electron chi connectivity index (χ2n) is 8.26. The van der Waals surface area contributed by atoms with E-state index in [4.69, 9.17) is 9.47 Å². The summed E-state index contributed by atoms with van der Waals surface area (Å²) in [6.45, 7) is 5.38. The molecule has 0 saturated carbocycles. The van der Waals surface area contributed by atoms with E-state index in [1.54, 1.807) is 36.6 Å². The van der Waals surface area contributed by atoms with Crippen LogP contribution >= 0.6 is 11.3 Å². The average Bonchev–Trinajstić information content (AvgIpc) is 3.38. The molecule has 1 aliphatic rings. The third kappa shape index (κ3) is 5.18. The van der Waals surface area contributed by atoms with Crippen LogP contribution in [0.1, 0.15) is 28.2 Å². The van der Waals surface area contributed by atoms with Crippen molar-refractivity contribution < 1.29 is 18.7 Å². The number of amides is 1. The molecule has 180 valence electrons. The fourth-order valence-corrected chi connectivity index (χ4v) is 5.51. The number of ether oxygens (including phenoxy) is 2. The minimum Gasteiger partial charge on any atom is -0.493 e. The summed E-state index contributed by atoms with van der Waals surface area (Å²) in [6.07, 6.45) is 0. The fourth-order valence-electron chi connectivity index (χ4n) is 4.54. The Morgan fingerprint density at radius 1 is 1.00 bits per heavy atom. The number of carbonyl (C=O) groups excluding carboxylic acids is 1. The molecule has 0 aliphatic carbocycles. The number of para-hydroxylation sites is 1. The second-order valence-corrected chi connectivity index (χ2v) is 9.24. The van der Waals surface area contributed by atoms with Gasteiger partial charge in [-0.3, -0.25) is 9.69 Å². The van der Waals surface area contributed by atoms with Gasteiger partial charge in [0.05, 0.1) is 25.8 Å². The van der Waals surface area contributed by atoms with E-state index < -0.39 is 0 Å². The molecule has 0 bridgehead atoms. The summed E-state index contributed by atoms with van der Waals surface area (Å²) in [5, 5.41) is 5.26. The molecule has 0 unspecified atom stereocenters. The Kier molecular flexibility index (Phi) is 7.70. The highest BCUT2D eigenvalue weighted by Crippen LogP contribution is 2.33. The minimum absolute atomic E-state index is 0.0379. The van der Waals surface area contributed by atoms with Gasteiger partial charge in [-0.1, -0.05) is 12.1 Å². The van der Waals surface area contributed by atoms with Crippen molar-refractivity contribution >= 4 is 22.9 Å². The van der Waals surface area contributed by atoms with Gasteiger partial charge in [-0.05, 0) is 54.8 Å². The molecule has 1 aromatic heterocycles. The summed E-state index contributed by atoms with van der Waals surface area (Å²) in [4.78, 5) is 19.1. The number of nitrogens with one attached hydrogen (secondary N) is 1. The van der Waals surface area contributed by atoms with E-state index >= 15 is 0 Å². The van der Waals surface area contributed by atoms with Crippen LogP contribution < -0.4 is 19.7 Å². The third-order valence-corrected chi connectivity index (χ3v) is 7.16. The molecule has 1 N–H and O–H groups in total. The van der Waals surface area contributed by atoms with Crippen LogP contribution in [0.4, 0.5) is 10.1 Å². The lowest BCUT2D eigenvalue weighted by atomic mass is 10.0. The quantitative estimate of drug-likeness (QED) is 0.508. The molecule has 0 spiro atoms. The van der Waals surface area contributed by atoms with Gasteiger partial charge in [-0.15, -0.1) is 11.3 Å². The average molecular weight is 484 g/mol. The number of halogens is 1. The van der Waals surface area contributed by atoms with Crippen molar-refractivity contribution in [3.8, 4) is 11.5 Å². The van der Waals surface area contributed by atoms with Crippen LogP contribution in [0, 0.1) is 5.82 Å². The first-order valence-electron chi connectivity index (χ1n) is 11.3. The van der Waals surface area contributed by atoms with E-state index in [0.29, 0.717) is 17.1 Å². The van der Waals surface area contributed by atoms with Crippen LogP contribution in [0.5, 0.6) is 11.5 Å². The summed E-state index contributed by atoms with van der Waals surface area (Å²) >= 11 is 1.70. The summed E-state index contributed by atoms with van der Waals surface area (Å²) in [5.74, 6) is 0.525. The van der Waals surface area contributed by atoms with Crippen molar-refractivity contribution in [3.63, 3.8) is 0 Å². The molecule has 6 nitrogen and oxygen atoms in total. The molecule has 2 aromatic carbocycles. The first-order valence-corrected chi connectivity index (χ1v) is 12.2.